The number of carbonyl (C=O) groups is 1. The van der Waals surface area contributed by atoms with E-state index < -0.39 is 0 Å². The van der Waals surface area contributed by atoms with Crippen molar-refractivity contribution in [2.24, 2.45) is 0 Å². The molecule has 17 heavy (non-hydrogen) atoms. The van der Waals surface area contributed by atoms with Crippen molar-refractivity contribution in [3.05, 3.63) is 24.0 Å². The molecule has 0 saturated heterocycles. The summed E-state index contributed by atoms with van der Waals surface area (Å²) in [7, 11) is 0. The number of hydrogen-bond donors (Lipinski definition) is 1. The predicted molar refractivity (Wildman–Crippen MR) is 67.5 cm³/mol. The number of rotatable bonds is 8. The number of ether oxygens (including phenoxy) is 1. The summed E-state index contributed by atoms with van der Waals surface area (Å²) in [5, 5.41) is 3.08. The van der Waals surface area contributed by atoms with Gasteiger partial charge in [-0.05, 0) is 25.5 Å². The maximum atomic E-state index is 11.8. The van der Waals surface area contributed by atoms with Crippen LogP contribution >= 0.6 is 0 Å². The zero-order chi connectivity index (χ0) is 12.5. The first-order valence-electron chi connectivity index (χ1n) is 6.09. The molecular weight excluding hydrogens is 216 g/mol. The summed E-state index contributed by atoms with van der Waals surface area (Å²) in [6, 6.07) is 1.75. The molecule has 1 heterocycles. The van der Waals surface area contributed by atoms with Crippen molar-refractivity contribution in [3.63, 3.8) is 0 Å². The van der Waals surface area contributed by atoms with Crippen molar-refractivity contribution in [2.45, 2.75) is 26.7 Å². The number of nitrogens with zero attached hydrogens (tertiary/aromatic N) is 1. The summed E-state index contributed by atoms with van der Waals surface area (Å²) in [4.78, 5) is 15.8. The first kappa shape index (κ1) is 13.6. The second-order valence-electron chi connectivity index (χ2n) is 3.86. The Balaban J connectivity index is 2.54. The number of pyridine rings is 1. The molecule has 0 aromatic carbocycles. The lowest BCUT2D eigenvalue weighted by atomic mass is 10.2. The van der Waals surface area contributed by atoms with E-state index in [9.17, 15) is 4.79 Å². The maximum absolute atomic E-state index is 11.8. The molecule has 0 saturated carbocycles. The third-order valence-electron chi connectivity index (χ3n) is 2.22. The van der Waals surface area contributed by atoms with E-state index in [0.29, 0.717) is 24.5 Å². The standard InChI is InChI=1S/C13H20N2O2/c1-3-5-14-10-13(16)11-7-12(9-15-8-11)17-6-4-2/h7-9,14H,3-6,10H2,1-2H3. The monoisotopic (exact) mass is 236 g/mol. The Morgan fingerprint density at radius 2 is 2.18 bits per heavy atom. The van der Waals surface area contributed by atoms with Crippen LogP contribution in [0, 0.1) is 0 Å². The summed E-state index contributed by atoms with van der Waals surface area (Å²) in [6.45, 7) is 5.96. The highest BCUT2D eigenvalue weighted by atomic mass is 16.5. The third kappa shape index (κ3) is 4.95. The molecule has 0 unspecified atom stereocenters. The fourth-order valence-corrected chi connectivity index (χ4v) is 1.35. The van der Waals surface area contributed by atoms with Gasteiger partial charge in [0, 0.05) is 11.8 Å². The first-order valence-corrected chi connectivity index (χ1v) is 6.09. The van der Waals surface area contributed by atoms with E-state index in [4.69, 9.17) is 4.74 Å². The van der Waals surface area contributed by atoms with Crippen molar-refractivity contribution in [1.29, 1.82) is 0 Å². The first-order chi connectivity index (χ1) is 8.27. The van der Waals surface area contributed by atoms with Gasteiger partial charge < -0.3 is 10.1 Å². The number of Topliss-reactive ketones (excluding diaryl/α,β-unsaturated/α-hetero) is 1. The number of hydrogen-bond acceptors (Lipinski definition) is 4. The van der Waals surface area contributed by atoms with E-state index in [1.807, 2.05) is 6.92 Å². The largest absolute Gasteiger partial charge is 0.492 e. The Labute approximate surface area is 102 Å². The topological polar surface area (TPSA) is 51.2 Å². The summed E-state index contributed by atoms with van der Waals surface area (Å²) >= 11 is 0. The summed E-state index contributed by atoms with van der Waals surface area (Å²) in [5.41, 5.74) is 0.599. The molecule has 1 aromatic rings. The molecule has 0 radical (unpaired) electrons. The van der Waals surface area contributed by atoms with Crippen LogP contribution in [-0.2, 0) is 0 Å². The molecule has 4 heteroatoms. The van der Waals surface area contributed by atoms with E-state index in [1.165, 1.54) is 0 Å². The van der Waals surface area contributed by atoms with E-state index in [2.05, 4.69) is 17.2 Å². The molecule has 94 valence electrons. The van der Waals surface area contributed by atoms with Gasteiger partial charge in [0.1, 0.15) is 5.75 Å². The van der Waals surface area contributed by atoms with Crippen molar-refractivity contribution in [1.82, 2.24) is 10.3 Å². The third-order valence-corrected chi connectivity index (χ3v) is 2.22. The lowest BCUT2D eigenvalue weighted by Crippen LogP contribution is -2.23. The molecule has 1 aromatic heterocycles. The van der Waals surface area contributed by atoms with Gasteiger partial charge in [-0.15, -0.1) is 0 Å². The maximum Gasteiger partial charge on any atom is 0.178 e. The van der Waals surface area contributed by atoms with Crippen LogP contribution in [0.15, 0.2) is 18.5 Å². The fraction of sp³-hybridized carbons (Fsp3) is 0.538. The fourth-order valence-electron chi connectivity index (χ4n) is 1.35. The minimum absolute atomic E-state index is 0.0490. The lowest BCUT2D eigenvalue weighted by Gasteiger charge is -2.06. The van der Waals surface area contributed by atoms with E-state index in [1.54, 1.807) is 18.5 Å². The molecule has 0 aliphatic heterocycles. The quantitative estimate of drug-likeness (QED) is 0.554. The second-order valence-corrected chi connectivity index (χ2v) is 3.86. The molecule has 0 aliphatic rings. The van der Waals surface area contributed by atoms with Crippen LogP contribution in [0.2, 0.25) is 0 Å². The van der Waals surface area contributed by atoms with E-state index in [0.717, 1.165) is 19.4 Å². The van der Waals surface area contributed by atoms with E-state index in [-0.39, 0.29) is 5.78 Å². The Morgan fingerprint density at radius 1 is 1.35 bits per heavy atom. The van der Waals surface area contributed by atoms with Crippen LogP contribution in [0.4, 0.5) is 0 Å². The van der Waals surface area contributed by atoms with Gasteiger partial charge in [0.2, 0.25) is 0 Å². The van der Waals surface area contributed by atoms with Gasteiger partial charge >= 0.3 is 0 Å². The molecule has 1 N–H and O–H groups in total. The average Bonchev–Trinajstić information content (AvgIpc) is 2.37. The van der Waals surface area contributed by atoms with Crippen LogP contribution < -0.4 is 10.1 Å². The Morgan fingerprint density at radius 3 is 2.88 bits per heavy atom. The van der Waals surface area contributed by atoms with Crippen molar-refractivity contribution >= 4 is 5.78 Å². The zero-order valence-corrected chi connectivity index (χ0v) is 10.5. The van der Waals surface area contributed by atoms with Crippen LogP contribution in [0.3, 0.4) is 0 Å². The number of ketones is 1. The number of aromatic nitrogens is 1. The summed E-state index contributed by atoms with van der Waals surface area (Å²) in [6.07, 6.45) is 5.17. The normalized spacial score (nSPS) is 10.2. The van der Waals surface area contributed by atoms with Gasteiger partial charge in [-0.25, -0.2) is 0 Å². The highest BCUT2D eigenvalue weighted by molar-refractivity contribution is 5.97. The van der Waals surface area contributed by atoms with Crippen LogP contribution in [-0.4, -0.2) is 30.5 Å². The second kappa shape index (κ2) is 7.79. The van der Waals surface area contributed by atoms with Crippen molar-refractivity contribution < 1.29 is 9.53 Å². The molecule has 0 fully saturated rings. The number of nitrogens with one attached hydrogen (secondary N) is 1. The summed E-state index contributed by atoms with van der Waals surface area (Å²) < 4.78 is 5.44. The molecule has 0 amide bonds. The van der Waals surface area contributed by atoms with Crippen molar-refractivity contribution in [3.8, 4) is 5.75 Å². The molecule has 4 nitrogen and oxygen atoms in total. The lowest BCUT2D eigenvalue weighted by molar-refractivity contribution is 0.0990. The Bertz CT molecular complexity index is 353. The van der Waals surface area contributed by atoms with Crippen LogP contribution in [0.25, 0.3) is 0 Å². The average molecular weight is 236 g/mol. The SMILES string of the molecule is CCCNCC(=O)c1cncc(OCCC)c1. The van der Waals surface area contributed by atoms with Gasteiger partial charge in [0.15, 0.2) is 5.78 Å². The summed E-state index contributed by atoms with van der Waals surface area (Å²) in [5.74, 6) is 0.709. The number of carbonyl (C=O) groups excluding carboxylic acids is 1. The molecular formula is C13H20N2O2. The zero-order valence-electron chi connectivity index (χ0n) is 10.5. The van der Waals surface area contributed by atoms with Crippen LogP contribution in [0.5, 0.6) is 5.75 Å². The molecule has 0 atom stereocenters. The Hall–Kier alpha value is -1.42. The van der Waals surface area contributed by atoms with Crippen molar-refractivity contribution in [2.75, 3.05) is 19.7 Å². The van der Waals surface area contributed by atoms with Gasteiger partial charge in [-0.1, -0.05) is 13.8 Å². The predicted octanol–water partition coefficient (Wildman–Crippen LogP) is 2.05. The van der Waals surface area contributed by atoms with Gasteiger partial charge in [-0.3, -0.25) is 9.78 Å². The highest BCUT2D eigenvalue weighted by Crippen LogP contribution is 2.11. The van der Waals surface area contributed by atoms with Gasteiger partial charge in [0.25, 0.3) is 0 Å². The minimum atomic E-state index is 0.0490. The van der Waals surface area contributed by atoms with Gasteiger partial charge in [0.05, 0.1) is 19.3 Å². The minimum Gasteiger partial charge on any atom is -0.492 e. The Kier molecular flexibility index (Phi) is 6.25. The van der Waals surface area contributed by atoms with E-state index >= 15 is 0 Å². The molecule has 0 bridgehead atoms. The molecule has 0 spiro atoms. The van der Waals surface area contributed by atoms with Crippen LogP contribution in [0.1, 0.15) is 37.0 Å². The molecule has 0 aliphatic carbocycles. The smallest absolute Gasteiger partial charge is 0.178 e. The highest BCUT2D eigenvalue weighted by Gasteiger charge is 2.06. The van der Waals surface area contributed by atoms with Gasteiger partial charge in [-0.2, -0.15) is 0 Å². The molecule has 1 rings (SSSR count).